The number of aliphatic hydroxyl groups excluding tert-OH is 1. The average molecular weight is 743 g/mol. The van der Waals surface area contributed by atoms with Crippen LogP contribution in [0.5, 0.6) is 5.75 Å². The molecule has 10 nitrogen and oxygen atoms in total. The fourth-order valence-electron chi connectivity index (χ4n) is 7.55. The summed E-state index contributed by atoms with van der Waals surface area (Å²) < 4.78 is 12.3. The number of ether oxygens (including phenoxy) is 1. The van der Waals surface area contributed by atoms with E-state index in [1.54, 1.807) is 30.4 Å². The monoisotopic (exact) mass is 742 g/mol. The first-order valence-corrected chi connectivity index (χ1v) is 19.6. The number of fused-ring (bicyclic) bond motifs is 10. The van der Waals surface area contributed by atoms with Gasteiger partial charge in [0.2, 0.25) is 5.91 Å². The van der Waals surface area contributed by atoms with Gasteiger partial charge in [-0.3, -0.25) is 14.2 Å². The van der Waals surface area contributed by atoms with Gasteiger partial charge in [-0.1, -0.05) is 41.9 Å². The number of aliphatic hydroxyl groups is 2. The number of benzene rings is 3. The molecule has 13 heteroatoms. The Morgan fingerprint density at radius 2 is 1.82 bits per heavy atom. The third-order valence-corrected chi connectivity index (χ3v) is 12.3. The second kappa shape index (κ2) is 13.9. The lowest BCUT2D eigenvalue weighted by Gasteiger charge is -2.27. The van der Waals surface area contributed by atoms with Crippen molar-refractivity contribution in [3.05, 3.63) is 93.7 Å². The van der Waals surface area contributed by atoms with Gasteiger partial charge in [-0.25, -0.2) is 0 Å². The summed E-state index contributed by atoms with van der Waals surface area (Å²) in [6.45, 7) is 3.62. The predicted octanol–water partition coefficient (Wildman–Crippen LogP) is 6.98. The molecule has 2 aliphatic heterocycles. The number of carbonyl (C=O) groups excluding carboxylic acids is 1. The van der Waals surface area contributed by atoms with Crippen molar-refractivity contribution in [1.82, 2.24) is 29.0 Å². The first kappa shape index (κ1) is 34.2. The zero-order valence-corrected chi connectivity index (χ0v) is 31.1. The quantitative estimate of drug-likeness (QED) is 0.174. The topological polar surface area (TPSA) is 111 Å². The number of rotatable bonds is 1. The van der Waals surface area contributed by atoms with E-state index in [1.165, 1.54) is 0 Å². The van der Waals surface area contributed by atoms with E-state index in [0.717, 1.165) is 77.5 Å². The Morgan fingerprint density at radius 3 is 2.65 bits per heavy atom. The van der Waals surface area contributed by atoms with E-state index in [4.69, 9.17) is 26.5 Å². The van der Waals surface area contributed by atoms with Crippen molar-refractivity contribution in [2.75, 3.05) is 13.2 Å². The first-order chi connectivity index (χ1) is 24.7. The van der Waals surface area contributed by atoms with Crippen LogP contribution in [0.1, 0.15) is 53.7 Å². The van der Waals surface area contributed by atoms with Crippen LogP contribution in [-0.2, 0) is 55.7 Å². The number of thioether (sulfide) groups is 2. The van der Waals surface area contributed by atoms with E-state index >= 15 is 0 Å². The van der Waals surface area contributed by atoms with Crippen molar-refractivity contribution in [1.29, 1.82) is 0 Å². The Bertz CT molecular complexity index is 2310. The van der Waals surface area contributed by atoms with Crippen LogP contribution >= 0.6 is 35.1 Å². The van der Waals surface area contributed by atoms with E-state index in [9.17, 15) is 15.0 Å². The van der Waals surface area contributed by atoms with E-state index in [1.807, 2.05) is 57.2 Å². The molecule has 6 aromatic rings. The first-order valence-electron chi connectivity index (χ1n) is 17.1. The molecule has 0 unspecified atom stereocenters. The summed E-state index contributed by atoms with van der Waals surface area (Å²) in [5.41, 5.74) is 7.69. The Kier molecular flexibility index (Phi) is 9.30. The number of nitrogens with zero attached hydrogens (tertiary/aromatic N) is 6. The van der Waals surface area contributed by atoms with Crippen LogP contribution in [-0.4, -0.2) is 58.3 Å². The average Bonchev–Trinajstić information content (AvgIpc) is 3.75. The lowest BCUT2D eigenvalue weighted by atomic mass is 9.97. The van der Waals surface area contributed by atoms with Crippen molar-refractivity contribution in [2.45, 2.75) is 61.3 Å². The Morgan fingerprint density at radius 1 is 0.980 bits per heavy atom. The maximum atomic E-state index is 12.6. The largest absolute Gasteiger partial charge is 0.493 e. The SMILES string of the molecule is CC(=O)N1CCn2nc3c(c2C1)-c1c(Cl)ccc2c(c(C(O)O)n(C)c12)CCCOc1cc(cc2ccccc12)SCc1cc(nn1C)CSC3. The van der Waals surface area contributed by atoms with Crippen molar-refractivity contribution < 1.29 is 19.7 Å². The van der Waals surface area contributed by atoms with Crippen molar-refractivity contribution in [3.63, 3.8) is 0 Å². The van der Waals surface area contributed by atoms with Gasteiger partial charge in [0, 0.05) is 77.3 Å². The fourth-order valence-corrected chi connectivity index (χ4v) is 9.63. The van der Waals surface area contributed by atoms with Crippen LogP contribution in [0.25, 0.3) is 32.8 Å². The summed E-state index contributed by atoms with van der Waals surface area (Å²) >= 11 is 10.6. The van der Waals surface area contributed by atoms with Gasteiger partial charge in [0.15, 0.2) is 6.29 Å². The van der Waals surface area contributed by atoms with Crippen LogP contribution in [0.3, 0.4) is 0 Å². The van der Waals surface area contributed by atoms with Crippen LogP contribution in [0.4, 0.5) is 0 Å². The number of carbonyl (C=O) groups is 1. The van der Waals surface area contributed by atoms with Gasteiger partial charge >= 0.3 is 0 Å². The summed E-state index contributed by atoms with van der Waals surface area (Å²) in [5.74, 6) is 2.90. The van der Waals surface area contributed by atoms with Crippen LogP contribution in [0, 0.1) is 0 Å². The van der Waals surface area contributed by atoms with Crippen LogP contribution < -0.4 is 4.74 Å². The molecular formula is C38H39ClN6O4S2. The molecule has 0 spiro atoms. The van der Waals surface area contributed by atoms with Gasteiger partial charge < -0.3 is 24.4 Å². The highest BCUT2D eigenvalue weighted by atomic mass is 35.5. The standard InChI is InChI=1S/C38H39ClN6O4S2/c1-22(46)44-12-13-45-32(18-44)35-31(41-45)21-50-19-24-16-25(43(3)40-24)20-51-26-15-23-7-4-5-8-27(23)33(17-26)49-14-6-9-28-29-10-11-30(39)34(35)36(29)42(2)37(28)38(47)48/h4-5,7-8,10-11,15-17,38,47-48H,6,9,12-14,18-21H2,1-3H3. The Labute approximate surface area is 309 Å². The summed E-state index contributed by atoms with van der Waals surface area (Å²) in [7, 11) is 3.85. The van der Waals surface area contributed by atoms with Gasteiger partial charge in [-0.2, -0.15) is 10.2 Å². The highest BCUT2D eigenvalue weighted by molar-refractivity contribution is 7.98. The molecule has 0 atom stereocenters. The number of aromatic nitrogens is 5. The van der Waals surface area contributed by atoms with E-state index in [-0.39, 0.29) is 5.91 Å². The third kappa shape index (κ3) is 6.31. The van der Waals surface area contributed by atoms with Crippen molar-refractivity contribution in [3.8, 4) is 16.9 Å². The minimum Gasteiger partial charge on any atom is -0.493 e. The number of hydrogen-bond acceptors (Lipinski definition) is 8. The number of halogens is 1. The molecular weight excluding hydrogens is 704 g/mol. The molecule has 0 radical (unpaired) electrons. The molecule has 0 saturated heterocycles. The zero-order chi connectivity index (χ0) is 35.4. The molecule has 264 valence electrons. The Balaban J connectivity index is 1.27. The fraction of sp³-hybridized carbons (Fsp3) is 0.342. The minimum absolute atomic E-state index is 0.00948. The number of hydrogen-bond donors (Lipinski definition) is 2. The summed E-state index contributed by atoms with van der Waals surface area (Å²) in [6.07, 6.45) is -0.479. The molecule has 5 heterocycles. The zero-order valence-electron chi connectivity index (χ0n) is 28.7. The predicted molar refractivity (Wildman–Crippen MR) is 203 cm³/mol. The molecule has 0 saturated carbocycles. The molecule has 2 aliphatic rings. The number of aryl methyl sites for hydroxylation is 3. The van der Waals surface area contributed by atoms with Gasteiger partial charge in [0.1, 0.15) is 5.75 Å². The molecule has 2 N–H and O–H groups in total. The van der Waals surface area contributed by atoms with Gasteiger partial charge in [-0.15, -0.1) is 23.5 Å². The highest BCUT2D eigenvalue weighted by Gasteiger charge is 2.31. The lowest BCUT2D eigenvalue weighted by Crippen LogP contribution is -2.37. The molecule has 51 heavy (non-hydrogen) atoms. The van der Waals surface area contributed by atoms with Gasteiger partial charge in [-0.05, 0) is 48.1 Å². The smallest absolute Gasteiger partial charge is 0.219 e. The second-order valence-corrected chi connectivity index (χ2v) is 15.6. The van der Waals surface area contributed by atoms with E-state index in [2.05, 4.69) is 30.3 Å². The normalized spacial score (nSPS) is 15.5. The van der Waals surface area contributed by atoms with Crippen molar-refractivity contribution in [2.24, 2.45) is 14.1 Å². The van der Waals surface area contributed by atoms with Gasteiger partial charge in [0.05, 0.1) is 53.0 Å². The molecule has 8 bridgehead atoms. The maximum absolute atomic E-state index is 12.6. The second-order valence-electron chi connectivity index (χ2n) is 13.2. The summed E-state index contributed by atoms with van der Waals surface area (Å²) in [6, 6.07) is 18.6. The molecule has 0 aliphatic carbocycles. The van der Waals surface area contributed by atoms with Gasteiger partial charge in [0.25, 0.3) is 0 Å². The highest BCUT2D eigenvalue weighted by Crippen LogP contribution is 2.44. The summed E-state index contributed by atoms with van der Waals surface area (Å²) in [5, 5.41) is 35.1. The van der Waals surface area contributed by atoms with Crippen LogP contribution in [0.15, 0.2) is 59.5 Å². The third-order valence-electron chi connectivity index (χ3n) is 9.98. The molecule has 3 aromatic heterocycles. The maximum Gasteiger partial charge on any atom is 0.219 e. The molecule has 1 amide bonds. The number of amides is 1. The molecule has 3 aromatic carbocycles. The lowest BCUT2D eigenvalue weighted by molar-refractivity contribution is -0.130. The Hall–Kier alpha value is -3.94. The minimum atomic E-state index is -1.69. The van der Waals surface area contributed by atoms with Crippen molar-refractivity contribution >= 4 is 62.7 Å². The summed E-state index contributed by atoms with van der Waals surface area (Å²) in [4.78, 5) is 15.5. The molecule has 0 fully saturated rings. The van der Waals surface area contributed by atoms with Crippen LogP contribution in [0.2, 0.25) is 5.02 Å². The van der Waals surface area contributed by atoms with E-state index in [0.29, 0.717) is 61.3 Å². The van der Waals surface area contributed by atoms with E-state index < -0.39 is 6.29 Å². The molecule has 8 rings (SSSR count).